The van der Waals surface area contributed by atoms with Gasteiger partial charge in [-0.05, 0) is 75.7 Å². The molecule has 110 valence electrons. The first kappa shape index (κ1) is 12.9. The third-order valence-corrected chi connectivity index (χ3v) is 6.30. The Morgan fingerprint density at radius 3 is 2.35 bits per heavy atom. The van der Waals surface area contributed by atoms with Crippen molar-refractivity contribution in [2.24, 2.45) is 23.7 Å². The molecule has 3 heteroatoms. The lowest BCUT2D eigenvalue weighted by Gasteiger charge is -2.59. The van der Waals surface area contributed by atoms with Gasteiger partial charge in [-0.1, -0.05) is 0 Å². The fourth-order valence-electron chi connectivity index (χ4n) is 5.59. The summed E-state index contributed by atoms with van der Waals surface area (Å²) in [4.78, 5) is 0. The molecule has 0 radical (unpaired) electrons. The molecule has 5 rings (SSSR count). The quantitative estimate of drug-likeness (QED) is 0.920. The van der Waals surface area contributed by atoms with Gasteiger partial charge in [0.2, 0.25) is 0 Å². The van der Waals surface area contributed by atoms with E-state index in [0.29, 0.717) is 11.8 Å². The number of nitrogens with zero attached hydrogens (tertiary/aromatic N) is 2. The molecular formula is C17H26N2O. The molecule has 0 unspecified atom stereocenters. The second-order valence-electron chi connectivity index (χ2n) is 7.57. The number of rotatable bonds is 3. The van der Waals surface area contributed by atoms with Gasteiger partial charge in [0.15, 0.2) is 0 Å². The first-order valence-corrected chi connectivity index (χ1v) is 8.34. The van der Waals surface area contributed by atoms with E-state index < -0.39 is 5.60 Å². The molecule has 0 spiro atoms. The largest absolute Gasteiger partial charge is 0.389 e. The average Bonchev–Trinajstić information content (AvgIpc) is 2.75. The van der Waals surface area contributed by atoms with Gasteiger partial charge in [-0.3, -0.25) is 4.68 Å². The van der Waals surface area contributed by atoms with E-state index >= 15 is 0 Å². The smallest absolute Gasteiger partial charge is 0.0759 e. The Balaban J connectivity index is 1.64. The predicted molar refractivity (Wildman–Crippen MR) is 78.3 cm³/mol. The lowest BCUT2D eigenvalue weighted by molar-refractivity contribution is -0.172. The van der Waals surface area contributed by atoms with Crippen molar-refractivity contribution in [3.63, 3.8) is 0 Å². The summed E-state index contributed by atoms with van der Waals surface area (Å²) < 4.78 is 2.08. The minimum absolute atomic E-state index is 0.452. The van der Waals surface area contributed by atoms with E-state index in [0.717, 1.165) is 30.5 Å². The molecule has 4 fully saturated rings. The van der Waals surface area contributed by atoms with Crippen LogP contribution in [0.4, 0.5) is 0 Å². The van der Waals surface area contributed by atoms with E-state index in [4.69, 9.17) is 0 Å². The molecular weight excluding hydrogens is 248 g/mol. The second-order valence-corrected chi connectivity index (χ2v) is 7.57. The van der Waals surface area contributed by atoms with Crippen LogP contribution in [0.25, 0.3) is 0 Å². The Hall–Kier alpha value is -0.830. The van der Waals surface area contributed by atoms with Crippen molar-refractivity contribution >= 4 is 0 Å². The number of aryl methyl sites for hydroxylation is 2. The molecule has 4 bridgehead atoms. The van der Waals surface area contributed by atoms with Crippen molar-refractivity contribution < 1.29 is 5.11 Å². The zero-order valence-corrected chi connectivity index (χ0v) is 12.7. The van der Waals surface area contributed by atoms with Crippen molar-refractivity contribution in [2.75, 3.05) is 0 Å². The Morgan fingerprint density at radius 2 is 1.80 bits per heavy atom. The fraction of sp³-hybridized carbons (Fsp3) is 0.824. The topological polar surface area (TPSA) is 38.0 Å². The summed E-state index contributed by atoms with van der Waals surface area (Å²) in [7, 11) is 0. The van der Waals surface area contributed by atoms with Crippen LogP contribution in [0.5, 0.6) is 0 Å². The van der Waals surface area contributed by atoms with E-state index in [-0.39, 0.29) is 0 Å². The number of aromatic nitrogens is 2. The highest BCUT2D eigenvalue weighted by molar-refractivity contribution is 5.16. The molecule has 0 aliphatic heterocycles. The van der Waals surface area contributed by atoms with Gasteiger partial charge < -0.3 is 5.11 Å². The molecule has 0 aromatic carbocycles. The molecule has 4 aliphatic rings. The fourth-order valence-corrected chi connectivity index (χ4v) is 5.59. The van der Waals surface area contributed by atoms with Crippen LogP contribution >= 0.6 is 0 Å². The molecule has 20 heavy (non-hydrogen) atoms. The number of aliphatic hydroxyl groups is 1. The van der Waals surface area contributed by atoms with Gasteiger partial charge in [-0.25, -0.2) is 0 Å². The summed E-state index contributed by atoms with van der Waals surface area (Å²) in [6.07, 6.45) is 7.32. The molecule has 4 saturated carbocycles. The van der Waals surface area contributed by atoms with Gasteiger partial charge >= 0.3 is 0 Å². The van der Waals surface area contributed by atoms with Crippen LogP contribution < -0.4 is 0 Å². The third kappa shape index (κ3) is 1.78. The summed E-state index contributed by atoms with van der Waals surface area (Å²) in [6, 6.07) is 2.17. The number of hydrogen-bond acceptors (Lipinski definition) is 2. The monoisotopic (exact) mass is 274 g/mol. The number of hydrogen-bond donors (Lipinski definition) is 1. The normalized spacial score (nSPS) is 42.4. The van der Waals surface area contributed by atoms with Gasteiger partial charge in [0.05, 0.1) is 11.3 Å². The molecule has 1 aromatic rings. The lowest BCUT2D eigenvalue weighted by atomic mass is 9.49. The first-order chi connectivity index (χ1) is 9.58. The zero-order valence-electron chi connectivity index (χ0n) is 12.7. The van der Waals surface area contributed by atoms with E-state index in [1.54, 1.807) is 0 Å². The SMILES string of the molecule is CCn1nc(C)cc1CC1(O)C2CC3CC(C2)CC1C3. The van der Waals surface area contributed by atoms with Gasteiger partial charge in [0.1, 0.15) is 0 Å². The molecule has 1 heterocycles. The molecule has 0 saturated heterocycles. The van der Waals surface area contributed by atoms with E-state index in [1.165, 1.54) is 37.8 Å². The Labute approximate surface area is 121 Å². The van der Waals surface area contributed by atoms with Crippen LogP contribution in [-0.2, 0) is 13.0 Å². The van der Waals surface area contributed by atoms with Crippen LogP contribution in [0, 0.1) is 30.6 Å². The van der Waals surface area contributed by atoms with Crippen LogP contribution in [-0.4, -0.2) is 20.5 Å². The first-order valence-electron chi connectivity index (χ1n) is 8.34. The van der Waals surface area contributed by atoms with Crippen molar-refractivity contribution in [1.29, 1.82) is 0 Å². The van der Waals surface area contributed by atoms with Crippen molar-refractivity contribution in [3.8, 4) is 0 Å². The van der Waals surface area contributed by atoms with Crippen molar-refractivity contribution in [3.05, 3.63) is 17.5 Å². The Kier molecular flexibility index (Phi) is 2.79. The van der Waals surface area contributed by atoms with Crippen LogP contribution in [0.1, 0.15) is 50.4 Å². The van der Waals surface area contributed by atoms with Crippen LogP contribution in [0.2, 0.25) is 0 Å². The summed E-state index contributed by atoms with van der Waals surface area (Å²) in [5.41, 5.74) is 1.86. The molecule has 1 aromatic heterocycles. The van der Waals surface area contributed by atoms with Gasteiger partial charge in [0, 0.05) is 18.7 Å². The van der Waals surface area contributed by atoms with Crippen molar-refractivity contribution in [2.45, 2.75) is 64.5 Å². The highest BCUT2D eigenvalue weighted by Gasteiger charge is 2.56. The lowest BCUT2D eigenvalue weighted by Crippen LogP contribution is -2.58. The molecule has 0 atom stereocenters. The minimum Gasteiger partial charge on any atom is -0.389 e. The van der Waals surface area contributed by atoms with Crippen LogP contribution in [0.15, 0.2) is 6.07 Å². The molecule has 1 N–H and O–H groups in total. The van der Waals surface area contributed by atoms with E-state index in [1.807, 2.05) is 0 Å². The van der Waals surface area contributed by atoms with Gasteiger partial charge in [0.25, 0.3) is 0 Å². The highest BCUT2D eigenvalue weighted by atomic mass is 16.3. The van der Waals surface area contributed by atoms with Gasteiger partial charge in [-0.2, -0.15) is 5.10 Å². The third-order valence-electron chi connectivity index (χ3n) is 6.30. The highest BCUT2D eigenvalue weighted by Crippen LogP contribution is 2.59. The van der Waals surface area contributed by atoms with Gasteiger partial charge in [-0.15, -0.1) is 0 Å². The zero-order chi connectivity index (χ0) is 13.9. The molecule has 4 aliphatic carbocycles. The minimum atomic E-state index is -0.452. The Morgan fingerprint density at radius 1 is 1.20 bits per heavy atom. The maximum absolute atomic E-state index is 11.4. The average molecular weight is 274 g/mol. The summed E-state index contributed by atoms with van der Waals surface area (Å²) >= 11 is 0. The van der Waals surface area contributed by atoms with E-state index in [9.17, 15) is 5.11 Å². The summed E-state index contributed by atoms with van der Waals surface area (Å²) in [6.45, 7) is 5.09. The van der Waals surface area contributed by atoms with Crippen molar-refractivity contribution in [1.82, 2.24) is 9.78 Å². The standard InChI is InChI=1S/C17H26N2O/c1-3-19-16(4-11(2)18-19)10-17(20)14-6-12-5-13(8-14)9-15(17)7-12/h4,12-15,20H,3,5-10H2,1-2H3. The summed E-state index contributed by atoms with van der Waals surface area (Å²) in [5.74, 6) is 2.91. The molecule has 0 amide bonds. The predicted octanol–water partition coefficient (Wildman–Crippen LogP) is 2.94. The van der Waals surface area contributed by atoms with Crippen LogP contribution in [0.3, 0.4) is 0 Å². The maximum Gasteiger partial charge on any atom is 0.0759 e. The molecule has 3 nitrogen and oxygen atoms in total. The maximum atomic E-state index is 11.4. The summed E-state index contributed by atoms with van der Waals surface area (Å²) in [5, 5.41) is 16.0. The Bertz CT molecular complexity index is 491. The van der Waals surface area contributed by atoms with E-state index in [2.05, 4.69) is 29.7 Å². The second kappa shape index (κ2) is 4.33.